The van der Waals surface area contributed by atoms with Crippen LogP contribution in [0.1, 0.15) is 38.3 Å². The van der Waals surface area contributed by atoms with Crippen molar-refractivity contribution < 1.29 is 37.7 Å². The van der Waals surface area contributed by atoms with E-state index in [-0.39, 0.29) is 12.1 Å². The molecule has 39 heavy (non-hydrogen) atoms. The lowest BCUT2D eigenvalue weighted by molar-refractivity contribution is -0.192. The number of ether oxygens (including phenoxy) is 1. The standard InChI is InChI=1S/C24H26ClN3O3S.C2HF3O2/c1-4-17-16(13-28-11-10-20(28)24(29)30)6-5-7-18(17)22-26-23(32-27-22)15-8-9-21(19(25)12-15)31-14(2)3;3-2(4,5)1(6)7/h5-9,12,14,20H,4,10-11,13H2,1-3H3,(H,29,30);(H,6,7). The molecule has 0 saturated carbocycles. The number of likely N-dealkylation sites (tertiary alicyclic amines) is 1. The highest BCUT2D eigenvalue weighted by Gasteiger charge is 2.38. The van der Waals surface area contributed by atoms with Crippen LogP contribution in [0.3, 0.4) is 0 Å². The van der Waals surface area contributed by atoms with E-state index in [4.69, 9.17) is 31.2 Å². The van der Waals surface area contributed by atoms with Gasteiger partial charge in [-0.2, -0.15) is 17.5 Å². The molecule has 13 heteroatoms. The van der Waals surface area contributed by atoms with Gasteiger partial charge in [-0.05, 0) is 67.5 Å². The van der Waals surface area contributed by atoms with E-state index in [2.05, 4.69) is 17.4 Å². The number of rotatable bonds is 8. The number of hydrogen-bond acceptors (Lipinski definition) is 7. The molecule has 2 N–H and O–H groups in total. The Kier molecular flexibility index (Phi) is 9.92. The second kappa shape index (κ2) is 12.8. The molecule has 1 aliphatic heterocycles. The van der Waals surface area contributed by atoms with Crippen LogP contribution in [0.2, 0.25) is 5.02 Å². The number of aliphatic carboxylic acids is 2. The Morgan fingerprint density at radius 1 is 1.23 bits per heavy atom. The summed E-state index contributed by atoms with van der Waals surface area (Å²) in [5.74, 6) is -2.17. The zero-order valence-corrected chi connectivity index (χ0v) is 22.9. The normalized spacial score (nSPS) is 15.3. The monoisotopic (exact) mass is 585 g/mol. The van der Waals surface area contributed by atoms with Crippen LogP contribution in [0, 0.1) is 0 Å². The summed E-state index contributed by atoms with van der Waals surface area (Å²) in [7, 11) is 0. The SMILES string of the molecule is CCc1c(CN2CCC2C(=O)O)cccc1-c1nsc(-c2ccc(OC(C)C)c(Cl)c2)n1.O=C(O)C(F)(F)F. The van der Waals surface area contributed by atoms with Crippen molar-refractivity contribution in [2.24, 2.45) is 0 Å². The molecular formula is C26H27ClF3N3O5S. The maximum absolute atomic E-state index is 11.4. The first-order chi connectivity index (χ1) is 18.3. The third-order valence-electron chi connectivity index (χ3n) is 5.87. The minimum atomic E-state index is -5.08. The summed E-state index contributed by atoms with van der Waals surface area (Å²) < 4.78 is 42.1. The number of carbonyl (C=O) groups is 2. The average Bonchev–Trinajstić information content (AvgIpc) is 3.32. The van der Waals surface area contributed by atoms with Crippen molar-refractivity contribution in [2.75, 3.05) is 6.54 Å². The molecule has 0 bridgehead atoms. The Bertz CT molecular complexity index is 1330. The first-order valence-corrected chi connectivity index (χ1v) is 13.1. The fourth-order valence-electron chi connectivity index (χ4n) is 3.97. The quantitative estimate of drug-likeness (QED) is 0.323. The number of carboxylic acids is 2. The van der Waals surface area contributed by atoms with E-state index in [0.29, 0.717) is 29.6 Å². The maximum Gasteiger partial charge on any atom is 0.490 e. The van der Waals surface area contributed by atoms with E-state index < -0.39 is 18.1 Å². The summed E-state index contributed by atoms with van der Waals surface area (Å²) in [6.45, 7) is 7.46. The molecule has 1 unspecified atom stereocenters. The van der Waals surface area contributed by atoms with Gasteiger partial charge in [-0.25, -0.2) is 9.78 Å². The number of nitrogens with zero attached hydrogens (tertiary/aromatic N) is 3. The lowest BCUT2D eigenvalue weighted by Crippen LogP contribution is -2.51. The van der Waals surface area contributed by atoms with Crippen LogP contribution in [0.15, 0.2) is 36.4 Å². The van der Waals surface area contributed by atoms with Crippen LogP contribution in [0.4, 0.5) is 13.2 Å². The van der Waals surface area contributed by atoms with Gasteiger partial charge in [0.1, 0.15) is 16.8 Å². The number of alkyl halides is 3. The highest BCUT2D eigenvalue weighted by atomic mass is 35.5. The lowest BCUT2D eigenvalue weighted by Gasteiger charge is -2.38. The van der Waals surface area contributed by atoms with E-state index >= 15 is 0 Å². The molecule has 3 aromatic rings. The minimum Gasteiger partial charge on any atom is -0.489 e. The van der Waals surface area contributed by atoms with Crippen LogP contribution in [0.5, 0.6) is 5.75 Å². The maximum atomic E-state index is 11.4. The van der Waals surface area contributed by atoms with Crippen LogP contribution in [-0.4, -0.2) is 61.3 Å². The van der Waals surface area contributed by atoms with Gasteiger partial charge in [0.2, 0.25) is 0 Å². The summed E-state index contributed by atoms with van der Waals surface area (Å²) in [5.41, 5.74) is 4.18. The van der Waals surface area contributed by atoms with Gasteiger partial charge < -0.3 is 14.9 Å². The predicted octanol–water partition coefficient (Wildman–Crippen LogP) is 6.17. The molecule has 0 spiro atoms. The summed E-state index contributed by atoms with van der Waals surface area (Å²) in [6, 6.07) is 11.4. The molecule has 1 aliphatic rings. The van der Waals surface area contributed by atoms with Gasteiger partial charge >= 0.3 is 18.1 Å². The summed E-state index contributed by atoms with van der Waals surface area (Å²) in [5, 5.41) is 17.8. The number of carboxylic acid groups (broad SMARTS) is 2. The fraction of sp³-hybridized carbons (Fsp3) is 0.385. The zero-order chi connectivity index (χ0) is 28.9. The van der Waals surface area contributed by atoms with Crippen molar-refractivity contribution in [1.29, 1.82) is 0 Å². The lowest BCUT2D eigenvalue weighted by atomic mass is 9.95. The van der Waals surface area contributed by atoms with Crippen molar-refractivity contribution in [3.05, 3.63) is 52.5 Å². The Labute approximate surface area is 232 Å². The molecule has 4 rings (SSSR count). The molecular weight excluding hydrogens is 559 g/mol. The first kappa shape index (κ1) is 30.3. The topological polar surface area (TPSA) is 113 Å². The Hall–Kier alpha value is -3.22. The van der Waals surface area contributed by atoms with Gasteiger partial charge in [0, 0.05) is 24.2 Å². The summed E-state index contributed by atoms with van der Waals surface area (Å²) in [4.78, 5) is 27.1. The third kappa shape index (κ3) is 7.68. The largest absolute Gasteiger partial charge is 0.490 e. The Balaban J connectivity index is 0.000000532. The zero-order valence-electron chi connectivity index (χ0n) is 21.3. The van der Waals surface area contributed by atoms with Gasteiger partial charge in [-0.3, -0.25) is 9.69 Å². The number of halogens is 4. The Morgan fingerprint density at radius 3 is 2.44 bits per heavy atom. The predicted molar refractivity (Wildman–Crippen MR) is 141 cm³/mol. The van der Waals surface area contributed by atoms with Crippen molar-refractivity contribution in [3.63, 3.8) is 0 Å². The van der Waals surface area contributed by atoms with Crippen molar-refractivity contribution in [1.82, 2.24) is 14.3 Å². The second-order valence-electron chi connectivity index (χ2n) is 8.95. The first-order valence-electron chi connectivity index (χ1n) is 12.0. The minimum absolute atomic E-state index is 0.0493. The molecule has 0 radical (unpaired) electrons. The second-order valence-corrected chi connectivity index (χ2v) is 10.1. The van der Waals surface area contributed by atoms with Gasteiger partial charge in [0.15, 0.2) is 5.82 Å². The van der Waals surface area contributed by atoms with Gasteiger partial charge in [0.05, 0.1) is 11.1 Å². The number of hydrogen-bond donors (Lipinski definition) is 2. The van der Waals surface area contributed by atoms with Gasteiger partial charge in [0.25, 0.3) is 0 Å². The Morgan fingerprint density at radius 2 is 1.92 bits per heavy atom. The number of benzene rings is 2. The highest BCUT2D eigenvalue weighted by molar-refractivity contribution is 7.09. The molecule has 210 valence electrons. The smallest absolute Gasteiger partial charge is 0.489 e. The molecule has 2 heterocycles. The molecule has 1 aromatic heterocycles. The van der Waals surface area contributed by atoms with E-state index in [1.165, 1.54) is 11.5 Å². The molecule has 2 aromatic carbocycles. The van der Waals surface area contributed by atoms with E-state index in [1.54, 1.807) is 0 Å². The van der Waals surface area contributed by atoms with Crippen LogP contribution in [-0.2, 0) is 22.6 Å². The molecule has 0 aliphatic carbocycles. The molecule has 0 amide bonds. The summed E-state index contributed by atoms with van der Waals surface area (Å²) >= 11 is 7.74. The van der Waals surface area contributed by atoms with Crippen LogP contribution < -0.4 is 4.74 Å². The third-order valence-corrected chi connectivity index (χ3v) is 6.93. The molecule has 1 fully saturated rings. The van der Waals surface area contributed by atoms with Crippen molar-refractivity contribution in [3.8, 4) is 27.7 Å². The van der Waals surface area contributed by atoms with Crippen LogP contribution >= 0.6 is 23.1 Å². The molecule has 1 atom stereocenters. The van der Waals surface area contributed by atoms with E-state index in [9.17, 15) is 23.1 Å². The molecule has 8 nitrogen and oxygen atoms in total. The van der Waals surface area contributed by atoms with E-state index in [1.807, 2.05) is 49.1 Å². The molecule has 1 saturated heterocycles. The van der Waals surface area contributed by atoms with Crippen molar-refractivity contribution in [2.45, 2.75) is 58.5 Å². The summed E-state index contributed by atoms with van der Waals surface area (Å²) in [6.07, 6.45) is -3.51. The van der Waals surface area contributed by atoms with E-state index in [0.717, 1.165) is 40.2 Å². The average molecular weight is 586 g/mol. The highest BCUT2D eigenvalue weighted by Crippen LogP contribution is 2.34. The fourth-order valence-corrected chi connectivity index (χ4v) is 4.87. The van der Waals surface area contributed by atoms with Gasteiger partial charge in [-0.1, -0.05) is 36.7 Å². The number of aromatic nitrogens is 2. The van der Waals surface area contributed by atoms with Crippen LogP contribution in [0.25, 0.3) is 22.0 Å². The van der Waals surface area contributed by atoms with Gasteiger partial charge in [-0.15, -0.1) is 0 Å². The van der Waals surface area contributed by atoms with Crippen molar-refractivity contribution >= 4 is 35.1 Å².